The number of benzene rings is 1. The first-order valence-electron chi connectivity index (χ1n) is 8.46. The molecular formula is C17H27BrN2O3S. The van der Waals surface area contributed by atoms with Gasteiger partial charge in [-0.2, -0.15) is 4.31 Å². The zero-order chi connectivity index (χ0) is 18.2. The van der Waals surface area contributed by atoms with Crippen molar-refractivity contribution >= 4 is 31.9 Å². The number of carbonyl (C=O) groups excluding carboxylic acids is 1. The van der Waals surface area contributed by atoms with Gasteiger partial charge in [0.1, 0.15) is 0 Å². The summed E-state index contributed by atoms with van der Waals surface area (Å²) in [4.78, 5) is 12.5. The van der Waals surface area contributed by atoms with Crippen molar-refractivity contribution in [3.63, 3.8) is 0 Å². The highest BCUT2D eigenvalue weighted by Gasteiger charge is 2.23. The number of sulfonamides is 1. The lowest BCUT2D eigenvalue weighted by Crippen LogP contribution is -2.31. The van der Waals surface area contributed by atoms with Crippen molar-refractivity contribution in [2.75, 3.05) is 19.6 Å². The van der Waals surface area contributed by atoms with E-state index in [-0.39, 0.29) is 10.8 Å². The Labute approximate surface area is 154 Å². The first-order valence-corrected chi connectivity index (χ1v) is 10.7. The molecule has 0 saturated heterocycles. The molecule has 1 rings (SSSR count). The number of unbranched alkanes of at least 4 members (excludes halogenated alkanes) is 3. The minimum atomic E-state index is -3.57. The van der Waals surface area contributed by atoms with Crippen LogP contribution in [0.3, 0.4) is 0 Å². The molecule has 136 valence electrons. The average Bonchev–Trinajstić information content (AvgIpc) is 2.55. The Hall–Kier alpha value is -0.920. The van der Waals surface area contributed by atoms with Crippen molar-refractivity contribution in [3.8, 4) is 0 Å². The average molecular weight is 419 g/mol. The summed E-state index contributed by atoms with van der Waals surface area (Å²) in [5.41, 5.74) is 0.346. The molecule has 0 saturated carbocycles. The Kier molecular flexibility index (Phi) is 8.94. The van der Waals surface area contributed by atoms with Crippen molar-refractivity contribution in [2.24, 2.45) is 0 Å². The maximum Gasteiger partial charge on any atom is 0.252 e. The number of amides is 1. The van der Waals surface area contributed by atoms with Crippen LogP contribution in [0, 0.1) is 0 Å². The lowest BCUT2D eigenvalue weighted by atomic mass is 10.2. The predicted molar refractivity (Wildman–Crippen MR) is 101 cm³/mol. The van der Waals surface area contributed by atoms with E-state index in [0.29, 0.717) is 29.7 Å². The highest BCUT2D eigenvalue weighted by atomic mass is 79.9. The fourth-order valence-corrected chi connectivity index (χ4v) is 4.31. The Morgan fingerprint density at radius 1 is 1.12 bits per heavy atom. The Bertz CT molecular complexity index is 643. The number of rotatable bonds is 10. The first-order chi connectivity index (χ1) is 11.4. The third-order valence-corrected chi connectivity index (χ3v) is 6.58. The molecule has 1 aromatic rings. The molecule has 0 bridgehead atoms. The van der Waals surface area contributed by atoms with E-state index >= 15 is 0 Å². The number of halogens is 1. The van der Waals surface area contributed by atoms with Crippen LogP contribution in [0.25, 0.3) is 0 Å². The van der Waals surface area contributed by atoms with Crippen LogP contribution in [0.1, 0.15) is 56.8 Å². The Morgan fingerprint density at radius 2 is 1.79 bits per heavy atom. The Morgan fingerprint density at radius 3 is 2.38 bits per heavy atom. The van der Waals surface area contributed by atoms with E-state index in [1.165, 1.54) is 16.4 Å². The molecule has 0 radical (unpaired) electrons. The third kappa shape index (κ3) is 5.57. The SMILES string of the molecule is CCCCCCNC(=O)c1cc(S(=O)(=O)N(CC)CC)ccc1Br. The normalized spacial score (nSPS) is 11.7. The van der Waals surface area contributed by atoms with E-state index in [2.05, 4.69) is 28.2 Å². The molecule has 0 atom stereocenters. The van der Waals surface area contributed by atoms with Crippen molar-refractivity contribution in [1.29, 1.82) is 0 Å². The molecular weight excluding hydrogens is 392 g/mol. The summed E-state index contributed by atoms with van der Waals surface area (Å²) in [6, 6.07) is 4.58. The highest BCUT2D eigenvalue weighted by molar-refractivity contribution is 9.10. The van der Waals surface area contributed by atoms with Crippen LogP contribution in [0.15, 0.2) is 27.6 Å². The summed E-state index contributed by atoms with van der Waals surface area (Å²) < 4.78 is 27.2. The quantitative estimate of drug-likeness (QED) is 0.587. The molecule has 24 heavy (non-hydrogen) atoms. The molecule has 0 aliphatic heterocycles. The standard InChI is InChI=1S/C17H27BrN2O3S/c1-4-7-8-9-12-19-17(21)15-13-14(10-11-16(15)18)24(22,23)20(5-2)6-3/h10-11,13H,4-9,12H2,1-3H3,(H,19,21). The van der Waals surface area contributed by atoms with Gasteiger partial charge in [-0.3, -0.25) is 4.79 Å². The largest absolute Gasteiger partial charge is 0.352 e. The van der Waals surface area contributed by atoms with E-state index in [1.807, 2.05) is 0 Å². The molecule has 0 aliphatic carbocycles. The molecule has 0 unspecified atom stereocenters. The zero-order valence-electron chi connectivity index (χ0n) is 14.6. The second-order valence-electron chi connectivity index (χ2n) is 5.55. The molecule has 5 nitrogen and oxygen atoms in total. The monoisotopic (exact) mass is 418 g/mol. The molecule has 0 heterocycles. The van der Waals surface area contributed by atoms with E-state index < -0.39 is 10.0 Å². The second-order valence-corrected chi connectivity index (χ2v) is 8.34. The number of nitrogens with zero attached hydrogens (tertiary/aromatic N) is 1. The molecule has 1 N–H and O–H groups in total. The summed E-state index contributed by atoms with van der Waals surface area (Å²) in [5.74, 6) is -0.255. The van der Waals surface area contributed by atoms with Crippen molar-refractivity contribution in [2.45, 2.75) is 51.3 Å². The van der Waals surface area contributed by atoms with Gasteiger partial charge in [-0.05, 0) is 40.5 Å². The first kappa shape index (κ1) is 21.1. The van der Waals surface area contributed by atoms with Gasteiger partial charge in [0.15, 0.2) is 0 Å². The van der Waals surface area contributed by atoms with Crippen LogP contribution < -0.4 is 5.32 Å². The van der Waals surface area contributed by atoms with Gasteiger partial charge < -0.3 is 5.32 Å². The Balaban J connectivity index is 2.92. The summed E-state index contributed by atoms with van der Waals surface area (Å²) in [7, 11) is -3.57. The van der Waals surface area contributed by atoms with Gasteiger partial charge in [0.2, 0.25) is 10.0 Å². The maximum absolute atomic E-state index is 12.6. The minimum Gasteiger partial charge on any atom is -0.352 e. The smallest absolute Gasteiger partial charge is 0.252 e. The third-order valence-electron chi connectivity index (χ3n) is 3.84. The van der Waals surface area contributed by atoms with Crippen LogP contribution in [0.2, 0.25) is 0 Å². The summed E-state index contributed by atoms with van der Waals surface area (Å²) in [6.45, 7) is 7.12. The van der Waals surface area contributed by atoms with Gasteiger partial charge in [-0.15, -0.1) is 0 Å². The van der Waals surface area contributed by atoms with Crippen LogP contribution >= 0.6 is 15.9 Å². The summed E-state index contributed by atoms with van der Waals surface area (Å²) >= 11 is 3.33. The number of hydrogen-bond donors (Lipinski definition) is 1. The fraction of sp³-hybridized carbons (Fsp3) is 0.588. The topological polar surface area (TPSA) is 66.5 Å². The summed E-state index contributed by atoms with van der Waals surface area (Å²) in [6.07, 6.45) is 4.30. The van der Waals surface area contributed by atoms with Crippen molar-refractivity contribution in [1.82, 2.24) is 9.62 Å². The van der Waals surface area contributed by atoms with Gasteiger partial charge in [-0.1, -0.05) is 40.0 Å². The fourth-order valence-electron chi connectivity index (χ4n) is 2.40. The molecule has 7 heteroatoms. The lowest BCUT2D eigenvalue weighted by Gasteiger charge is -2.19. The van der Waals surface area contributed by atoms with Gasteiger partial charge in [-0.25, -0.2) is 8.42 Å². The number of carbonyl (C=O) groups is 1. The van der Waals surface area contributed by atoms with E-state index in [9.17, 15) is 13.2 Å². The van der Waals surface area contributed by atoms with Gasteiger partial charge >= 0.3 is 0 Å². The second kappa shape index (κ2) is 10.2. The van der Waals surface area contributed by atoms with Crippen molar-refractivity contribution in [3.05, 3.63) is 28.2 Å². The predicted octanol–water partition coefficient (Wildman–Crippen LogP) is 3.79. The number of nitrogens with one attached hydrogen (secondary N) is 1. The zero-order valence-corrected chi connectivity index (χ0v) is 17.0. The van der Waals surface area contributed by atoms with Crippen LogP contribution in [-0.2, 0) is 10.0 Å². The lowest BCUT2D eigenvalue weighted by molar-refractivity contribution is 0.0952. The van der Waals surface area contributed by atoms with E-state index in [0.717, 1.165) is 25.7 Å². The van der Waals surface area contributed by atoms with Gasteiger partial charge in [0.25, 0.3) is 5.91 Å². The van der Waals surface area contributed by atoms with Crippen LogP contribution in [-0.4, -0.2) is 38.3 Å². The molecule has 0 aromatic heterocycles. The minimum absolute atomic E-state index is 0.144. The van der Waals surface area contributed by atoms with Gasteiger partial charge in [0, 0.05) is 24.1 Å². The molecule has 1 amide bonds. The van der Waals surface area contributed by atoms with Crippen molar-refractivity contribution < 1.29 is 13.2 Å². The molecule has 0 fully saturated rings. The molecule has 0 aliphatic rings. The van der Waals surface area contributed by atoms with E-state index in [4.69, 9.17) is 0 Å². The highest BCUT2D eigenvalue weighted by Crippen LogP contribution is 2.23. The van der Waals surface area contributed by atoms with Crippen LogP contribution in [0.5, 0.6) is 0 Å². The summed E-state index contributed by atoms with van der Waals surface area (Å²) in [5, 5.41) is 2.86. The van der Waals surface area contributed by atoms with Crippen LogP contribution in [0.4, 0.5) is 0 Å². The number of hydrogen-bond acceptors (Lipinski definition) is 3. The molecule has 0 spiro atoms. The van der Waals surface area contributed by atoms with Gasteiger partial charge in [0.05, 0.1) is 10.5 Å². The van der Waals surface area contributed by atoms with E-state index in [1.54, 1.807) is 19.9 Å². The maximum atomic E-state index is 12.6. The molecule has 1 aromatic carbocycles.